The number of benzene rings is 2. The van der Waals surface area contributed by atoms with Gasteiger partial charge >= 0.3 is 6.09 Å². The van der Waals surface area contributed by atoms with Crippen LogP contribution in [0.5, 0.6) is 0 Å². The van der Waals surface area contributed by atoms with Gasteiger partial charge in [0, 0.05) is 16.8 Å². The van der Waals surface area contributed by atoms with Crippen LogP contribution >= 0.6 is 0 Å². The van der Waals surface area contributed by atoms with Gasteiger partial charge in [0.1, 0.15) is 24.4 Å². The number of nitrogens with zero attached hydrogens (tertiary/aromatic N) is 1. The predicted molar refractivity (Wildman–Crippen MR) is 106 cm³/mol. The maximum atomic E-state index is 13.2. The van der Waals surface area contributed by atoms with Crippen molar-refractivity contribution < 1.29 is 31.3 Å². The summed E-state index contributed by atoms with van der Waals surface area (Å²) in [5.41, 5.74) is 0.918. The minimum Gasteiger partial charge on any atom is -0.441 e. The van der Waals surface area contributed by atoms with Gasteiger partial charge in [-0.25, -0.2) is 9.18 Å². The first-order valence-corrected chi connectivity index (χ1v) is 10.5. The van der Waals surface area contributed by atoms with Gasteiger partial charge in [-0.2, -0.15) is 8.42 Å². The minimum atomic E-state index is -3.65. The number of carbonyl (C=O) groups is 2. The van der Waals surface area contributed by atoms with Gasteiger partial charge in [-0.05, 0) is 42.5 Å². The van der Waals surface area contributed by atoms with Crippen LogP contribution in [-0.2, 0) is 19.0 Å². The molecular weight excluding hydrogens is 417 g/mol. The van der Waals surface area contributed by atoms with Gasteiger partial charge in [0.25, 0.3) is 16.0 Å². The zero-order valence-electron chi connectivity index (χ0n) is 15.8. The topological polar surface area (TPSA) is 126 Å². The molecule has 0 spiro atoms. The lowest BCUT2D eigenvalue weighted by atomic mass is 10.1. The van der Waals surface area contributed by atoms with Crippen LogP contribution < -0.4 is 10.2 Å². The second-order valence-corrected chi connectivity index (χ2v) is 8.14. The molecule has 2 aromatic rings. The van der Waals surface area contributed by atoms with E-state index in [9.17, 15) is 22.4 Å². The molecule has 1 saturated heterocycles. The lowest BCUT2D eigenvalue weighted by Crippen LogP contribution is -2.30. The first kappa shape index (κ1) is 21.4. The lowest BCUT2D eigenvalue weighted by Gasteiger charge is -2.14. The van der Waals surface area contributed by atoms with Gasteiger partial charge in [-0.3, -0.25) is 19.3 Å². The van der Waals surface area contributed by atoms with Crippen molar-refractivity contribution in [1.29, 1.82) is 5.41 Å². The highest BCUT2D eigenvalue weighted by molar-refractivity contribution is 7.85. The van der Waals surface area contributed by atoms with Gasteiger partial charge < -0.3 is 10.1 Å². The van der Waals surface area contributed by atoms with Crippen molar-refractivity contribution in [3.63, 3.8) is 0 Å². The molecule has 3 rings (SSSR count). The number of anilines is 1. The smallest absolute Gasteiger partial charge is 0.414 e. The van der Waals surface area contributed by atoms with Crippen molar-refractivity contribution in [1.82, 2.24) is 5.32 Å². The number of carbonyl (C=O) groups excluding carboxylic acids is 2. The number of amidine groups is 1. The molecule has 2 aromatic carbocycles. The molecular formula is C19H18FN3O6S. The number of rotatable bonds is 6. The fourth-order valence-electron chi connectivity index (χ4n) is 2.71. The molecule has 0 bridgehead atoms. The molecule has 9 nitrogen and oxygen atoms in total. The Labute approximate surface area is 172 Å². The Morgan fingerprint density at radius 1 is 1.27 bits per heavy atom. The van der Waals surface area contributed by atoms with E-state index in [0.717, 1.165) is 12.3 Å². The average Bonchev–Trinajstić information content (AvgIpc) is 3.06. The van der Waals surface area contributed by atoms with Crippen LogP contribution in [0.1, 0.15) is 15.9 Å². The van der Waals surface area contributed by atoms with E-state index in [-0.39, 0.29) is 24.6 Å². The number of halogens is 1. The Hall–Kier alpha value is -3.31. The van der Waals surface area contributed by atoms with E-state index in [1.165, 1.54) is 35.2 Å². The highest BCUT2D eigenvalue weighted by Gasteiger charge is 2.33. The molecule has 1 heterocycles. The first-order valence-electron chi connectivity index (χ1n) is 8.71. The van der Waals surface area contributed by atoms with Gasteiger partial charge in [-0.15, -0.1) is 0 Å². The van der Waals surface area contributed by atoms with Crippen molar-refractivity contribution in [3.05, 3.63) is 65.5 Å². The first-order chi connectivity index (χ1) is 14.1. The summed E-state index contributed by atoms with van der Waals surface area (Å²) >= 11 is 0. The van der Waals surface area contributed by atoms with Crippen molar-refractivity contribution in [2.24, 2.45) is 0 Å². The maximum absolute atomic E-state index is 13.2. The Morgan fingerprint density at radius 3 is 2.60 bits per heavy atom. The fraction of sp³-hybridized carbons (Fsp3) is 0.211. The summed E-state index contributed by atoms with van der Waals surface area (Å²) in [6.07, 6.45) is -0.488. The largest absolute Gasteiger partial charge is 0.441 e. The molecule has 30 heavy (non-hydrogen) atoms. The van der Waals surface area contributed by atoms with Gasteiger partial charge in [-0.1, -0.05) is 6.07 Å². The Kier molecular flexibility index (Phi) is 6.13. The Balaban J connectivity index is 1.62. The third-order valence-corrected chi connectivity index (χ3v) is 4.70. The molecule has 2 amide bonds. The van der Waals surface area contributed by atoms with E-state index in [1.807, 2.05) is 0 Å². The molecule has 1 aliphatic rings. The number of nitrogens with one attached hydrogen (secondary N) is 2. The van der Waals surface area contributed by atoms with Crippen molar-refractivity contribution >= 4 is 33.6 Å². The summed E-state index contributed by atoms with van der Waals surface area (Å²) in [6.45, 7) is -0.183. The van der Waals surface area contributed by atoms with Crippen molar-refractivity contribution in [3.8, 4) is 0 Å². The summed E-state index contributed by atoms with van der Waals surface area (Å²) in [6, 6.07) is 11.3. The second-order valence-electron chi connectivity index (χ2n) is 6.49. The van der Waals surface area contributed by atoms with Crippen LogP contribution in [0.3, 0.4) is 0 Å². The molecule has 0 aromatic heterocycles. The molecule has 1 aliphatic heterocycles. The van der Waals surface area contributed by atoms with Crippen LogP contribution in [0, 0.1) is 11.2 Å². The van der Waals surface area contributed by atoms with Crippen LogP contribution in [0.15, 0.2) is 48.5 Å². The third-order valence-electron chi connectivity index (χ3n) is 4.14. The summed E-state index contributed by atoms with van der Waals surface area (Å²) in [7, 11) is -3.65. The molecule has 11 heteroatoms. The van der Waals surface area contributed by atoms with E-state index in [2.05, 4.69) is 9.50 Å². The van der Waals surface area contributed by atoms with E-state index in [0.29, 0.717) is 11.3 Å². The number of hydrogen-bond donors (Lipinski definition) is 2. The van der Waals surface area contributed by atoms with Crippen LogP contribution in [-0.4, -0.2) is 51.8 Å². The summed E-state index contributed by atoms with van der Waals surface area (Å²) < 4.78 is 45.1. The molecule has 1 fully saturated rings. The zero-order valence-corrected chi connectivity index (χ0v) is 16.6. The Morgan fingerprint density at radius 2 is 1.97 bits per heavy atom. The molecule has 0 radical (unpaired) electrons. The number of hydrogen-bond acceptors (Lipinski definition) is 7. The maximum Gasteiger partial charge on any atom is 0.414 e. The van der Waals surface area contributed by atoms with E-state index >= 15 is 0 Å². The average molecular weight is 435 g/mol. The predicted octanol–water partition coefficient (Wildman–Crippen LogP) is 1.88. The van der Waals surface area contributed by atoms with Crippen molar-refractivity contribution in [2.75, 3.05) is 24.3 Å². The molecule has 158 valence electrons. The number of amides is 2. The normalized spacial score (nSPS) is 16.3. The van der Waals surface area contributed by atoms with Gasteiger partial charge in [0.2, 0.25) is 0 Å². The molecule has 0 aliphatic carbocycles. The molecule has 0 saturated carbocycles. The third kappa shape index (κ3) is 5.39. The second kappa shape index (κ2) is 8.59. The Bertz CT molecular complexity index is 1090. The van der Waals surface area contributed by atoms with Crippen LogP contribution in [0.25, 0.3) is 0 Å². The highest BCUT2D eigenvalue weighted by Crippen LogP contribution is 2.22. The van der Waals surface area contributed by atoms with E-state index in [1.54, 1.807) is 12.1 Å². The van der Waals surface area contributed by atoms with E-state index < -0.39 is 34.0 Å². The molecule has 1 atom stereocenters. The standard InChI is InChI=1S/C19H18FN3O6S/c1-30(26,27)28-11-16-10-23(19(25)29-16)15-7-5-12(6-8-15)17(21)22-18(24)13-3-2-4-14(20)9-13/h2-9,16H,10-11H2,1H3,(H2,21,22,24). The van der Waals surface area contributed by atoms with Gasteiger partial charge in [0.15, 0.2) is 0 Å². The summed E-state index contributed by atoms with van der Waals surface area (Å²) in [4.78, 5) is 25.5. The van der Waals surface area contributed by atoms with E-state index in [4.69, 9.17) is 10.1 Å². The number of cyclic esters (lactones) is 1. The summed E-state index contributed by atoms with van der Waals surface area (Å²) in [5, 5.41) is 10.4. The fourth-order valence-corrected chi connectivity index (χ4v) is 3.11. The lowest BCUT2D eigenvalue weighted by molar-refractivity contribution is 0.0976. The number of ether oxygens (including phenoxy) is 1. The zero-order chi connectivity index (χ0) is 21.9. The van der Waals surface area contributed by atoms with Crippen LogP contribution in [0.4, 0.5) is 14.9 Å². The quantitative estimate of drug-likeness (QED) is 0.405. The highest BCUT2D eigenvalue weighted by atomic mass is 32.2. The monoisotopic (exact) mass is 435 g/mol. The van der Waals surface area contributed by atoms with Gasteiger partial charge in [0.05, 0.1) is 12.8 Å². The summed E-state index contributed by atoms with van der Waals surface area (Å²) in [5.74, 6) is -1.38. The minimum absolute atomic E-state index is 0.0820. The molecule has 1 unspecified atom stereocenters. The molecule has 2 N–H and O–H groups in total. The van der Waals surface area contributed by atoms with Crippen molar-refractivity contribution in [2.45, 2.75) is 6.10 Å². The SMILES string of the molecule is CS(=O)(=O)OCC1CN(c2ccc(C(=N)NC(=O)c3cccc(F)c3)cc2)C(=O)O1. The van der Waals surface area contributed by atoms with Crippen LogP contribution in [0.2, 0.25) is 0 Å².